The predicted octanol–water partition coefficient (Wildman–Crippen LogP) is -1.33. The van der Waals surface area contributed by atoms with Crippen LogP contribution in [0.1, 0.15) is 20.3 Å². The fourth-order valence-corrected chi connectivity index (χ4v) is 1.74. The Morgan fingerprint density at radius 2 is 2.00 bits per heavy atom. The van der Waals surface area contributed by atoms with Crippen LogP contribution in [0.4, 0.5) is 0 Å². The van der Waals surface area contributed by atoms with Crippen LogP contribution in [0.25, 0.3) is 0 Å². The van der Waals surface area contributed by atoms with Crippen molar-refractivity contribution in [1.29, 1.82) is 0 Å². The van der Waals surface area contributed by atoms with Gasteiger partial charge in [0.15, 0.2) is 0 Å². The molecule has 6 heteroatoms. The van der Waals surface area contributed by atoms with Crippen LogP contribution in [0.2, 0.25) is 0 Å². The third-order valence-electron chi connectivity index (χ3n) is 2.50. The summed E-state index contributed by atoms with van der Waals surface area (Å²) in [7, 11) is 0. The van der Waals surface area contributed by atoms with Gasteiger partial charge in [-0.1, -0.05) is 0 Å². The maximum Gasteiger partial charge on any atom is 0.243 e. The van der Waals surface area contributed by atoms with E-state index in [1.54, 1.807) is 0 Å². The van der Waals surface area contributed by atoms with Gasteiger partial charge in [0.05, 0.1) is 12.6 Å². The molecule has 1 aliphatic heterocycles. The zero-order valence-corrected chi connectivity index (χ0v) is 9.40. The third kappa shape index (κ3) is 3.03. The van der Waals surface area contributed by atoms with Gasteiger partial charge >= 0.3 is 0 Å². The average molecular weight is 228 g/mol. The van der Waals surface area contributed by atoms with Crippen molar-refractivity contribution in [2.75, 3.05) is 13.1 Å². The number of nitrogens with zero attached hydrogens (tertiary/aromatic N) is 1. The first-order valence-corrected chi connectivity index (χ1v) is 5.14. The topological polar surface area (TPSA) is 86.7 Å². The Morgan fingerprint density at radius 3 is 2.50 bits per heavy atom. The highest BCUT2D eigenvalue weighted by atomic mass is 16.3. The van der Waals surface area contributed by atoms with Crippen molar-refractivity contribution in [3.05, 3.63) is 0 Å². The van der Waals surface area contributed by atoms with Gasteiger partial charge in [0.25, 0.3) is 0 Å². The molecule has 0 radical (unpaired) electrons. The molecular weight excluding hydrogens is 212 g/mol. The van der Waals surface area contributed by atoms with E-state index in [0.29, 0.717) is 0 Å². The molecule has 90 valence electrons. The Balaban J connectivity index is 2.59. The summed E-state index contributed by atoms with van der Waals surface area (Å²) in [4.78, 5) is 34.9. The zero-order chi connectivity index (χ0) is 12.3. The lowest BCUT2D eigenvalue weighted by Gasteiger charge is -2.21. The first-order chi connectivity index (χ1) is 7.41. The Morgan fingerprint density at radius 1 is 1.38 bits per heavy atom. The number of hydrogen-bond acceptors (Lipinski definition) is 4. The van der Waals surface area contributed by atoms with Crippen LogP contribution in [-0.2, 0) is 14.4 Å². The second-order valence-electron chi connectivity index (χ2n) is 4.00. The van der Waals surface area contributed by atoms with E-state index >= 15 is 0 Å². The molecule has 1 fully saturated rings. The minimum atomic E-state index is -0.669. The molecule has 16 heavy (non-hydrogen) atoms. The van der Waals surface area contributed by atoms with Gasteiger partial charge in [-0.3, -0.25) is 14.4 Å². The number of nitrogens with one attached hydrogen (secondary N) is 1. The molecule has 0 bridgehead atoms. The van der Waals surface area contributed by atoms with Crippen molar-refractivity contribution < 1.29 is 19.5 Å². The number of aliphatic hydroxyl groups is 1. The van der Waals surface area contributed by atoms with Crippen LogP contribution < -0.4 is 5.32 Å². The number of carbonyl (C=O) groups excluding carboxylic acids is 3. The van der Waals surface area contributed by atoms with Crippen LogP contribution in [-0.4, -0.2) is 52.8 Å². The molecular formula is C10H16N2O4. The molecule has 0 aromatic rings. The second-order valence-corrected chi connectivity index (χ2v) is 4.00. The zero-order valence-electron chi connectivity index (χ0n) is 9.40. The Kier molecular flexibility index (Phi) is 4.00. The van der Waals surface area contributed by atoms with Gasteiger partial charge in [-0.25, -0.2) is 0 Å². The van der Waals surface area contributed by atoms with E-state index in [0.717, 1.165) is 0 Å². The summed E-state index contributed by atoms with van der Waals surface area (Å²) in [6.07, 6.45) is -0.444. The van der Waals surface area contributed by atoms with Gasteiger partial charge in [-0.05, 0) is 6.92 Å². The number of aliphatic hydroxyl groups excluding tert-OH is 1. The highest BCUT2D eigenvalue weighted by Crippen LogP contribution is 2.17. The summed E-state index contributed by atoms with van der Waals surface area (Å²) < 4.78 is 0. The van der Waals surface area contributed by atoms with E-state index in [9.17, 15) is 19.5 Å². The van der Waals surface area contributed by atoms with Gasteiger partial charge in [0, 0.05) is 19.9 Å². The van der Waals surface area contributed by atoms with Crippen molar-refractivity contribution in [3.8, 4) is 0 Å². The van der Waals surface area contributed by atoms with Gasteiger partial charge in [0.1, 0.15) is 11.8 Å². The molecule has 1 rings (SSSR count). The Hall–Kier alpha value is -1.43. The maximum absolute atomic E-state index is 11.6. The van der Waals surface area contributed by atoms with Crippen molar-refractivity contribution in [1.82, 2.24) is 10.2 Å². The molecule has 0 saturated carbocycles. The van der Waals surface area contributed by atoms with Crippen LogP contribution in [0.5, 0.6) is 0 Å². The maximum atomic E-state index is 11.6. The summed E-state index contributed by atoms with van der Waals surface area (Å²) in [6.45, 7) is 2.85. The normalized spacial score (nSPS) is 24.3. The number of likely N-dealkylation sites (tertiary alicyclic amines) is 1. The smallest absolute Gasteiger partial charge is 0.243 e. The SMILES string of the molecule is CC(=O)CNC(=O)C1CC(O)CN1C(C)=O. The number of amides is 2. The molecule has 1 heterocycles. The summed E-state index contributed by atoms with van der Waals surface area (Å²) >= 11 is 0. The minimum absolute atomic E-state index is 0.0445. The lowest BCUT2D eigenvalue weighted by atomic mass is 10.2. The standard InChI is InChI=1S/C10H16N2O4/c1-6(13)4-11-10(16)9-3-8(15)5-12(9)7(2)14/h8-9,15H,3-5H2,1-2H3,(H,11,16). The number of β-amino-alcohol motifs (C(OH)–C–C–N with tert-alkyl or cyclic N) is 1. The molecule has 6 nitrogen and oxygen atoms in total. The summed E-state index contributed by atoms with van der Waals surface area (Å²) in [6, 6.07) is -0.660. The molecule has 1 aliphatic rings. The Bertz CT molecular complexity index is 316. The van der Waals surface area contributed by atoms with Crippen LogP contribution in [0.3, 0.4) is 0 Å². The van der Waals surface area contributed by atoms with Gasteiger partial charge < -0.3 is 15.3 Å². The van der Waals surface area contributed by atoms with Gasteiger partial charge in [0.2, 0.25) is 11.8 Å². The Labute approximate surface area is 93.6 Å². The number of rotatable bonds is 3. The second kappa shape index (κ2) is 5.07. The van der Waals surface area contributed by atoms with Crippen LogP contribution in [0, 0.1) is 0 Å². The monoisotopic (exact) mass is 228 g/mol. The van der Waals surface area contributed by atoms with E-state index in [2.05, 4.69) is 5.32 Å². The molecule has 0 aromatic carbocycles. The van der Waals surface area contributed by atoms with E-state index in [1.165, 1.54) is 18.7 Å². The highest BCUT2D eigenvalue weighted by molar-refractivity contribution is 5.90. The molecule has 1 saturated heterocycles. The summed E-state index contributed by atoms with van der Waals surface area (Å²) in [5.41, 5.74) is 0. The fraction of sp³-hybridized carbons (Fsp3) is 0.700. The lowest BCUT2D eigenvalue weighted by Crippen LogP contribution is -2.46. The number of Topliss-reactive ketones (excluding diaryl/α,β-unsaturated/α-hetero) is 1. The van der Waals surface area contributed by atoms with E-state index in [1.807, 2.05) is 0 Å². The van der Waals surface area contributed by atoms with Crippen molar-refractivity contribution in [2.45, 2.75) is 32.4 Å². The van der Waals surface area contributed by atoms with Crippen molar-refractivity contribution >= 4 is 17.6 Å². The average Bonchev–Trinajstić information content (AvgIpc) is 2.56. The van der Waals surface area contributed by atoms with E-state index in [-0.39, 0.29) is 37.1 Å². The first-order valence-electron chi connectivity index (χ1n) is 5.14. The molecule has 0 aromatic heterocycles. The van der Waals surface area contributed by atoms with Crippen molar-refractivity contribution in [2.24, 2.45) is 0 Å². The quantitative estimate of drug-likeness (QED) is 0.627. The number of carbonyl (C=O) groups is 3. The molecule has 2 unspecified atom stereocenters. The van der Waals surface area contributed by atoms with Crippen molar-refractivity contribution in [3.63, 3.8) is 0 Å². The number of ketones is 1. The lowest BCUT2D eigenvalue weighted by molar-refractivity contribution is -0.137. The summed E-state index contributed by atoms with van der Waals surface area (Å²) in [5.74, 6) is -0.789. The van der Waals surface area contributed by atoms with E-state index in [4.69, 9.17) is 0 Å². The minimum Gasteiger partial charge on any atom is -0.391 e. The number of hydrogen-bond donors (Lipinski definition) is 2. The highest BCUT2D eigenvalue weighted by Gasteiger charge is 2.37. The first kappa shape index (κ1) is 12.6. The molecule has 2 N–H and O–H groups in total. The molecule has 0 aliphatic carbocycles. The van der Waals surface area contributed by atoms with Gasteiger partial charge in [-0.15, -0.1) is 0 Å². The van der Waals surface area contributed by atoms with E-state index < -0.39 is 12.1 Å². The predicted molar refractivity (Wildman–Crippen MR) is 55.5 cm³/mol. The third-order valence-corrected chi connectivity index (χ3v) is 2.50. The van der Waals surface area contributed by atoms with Crippen LogP contribution >= 0.6 is 0 Å². The molecule has 0 spiro atoms. The fourth-order valence-electron chi connectivity index (χ4n) is 1.74. The largest absolute Gasteiger partial charge is 0.391 e. The summed E-state index contributed by atoms with van der Waals surface area (Å²) in [5, 5.41) is 11.8. The van der Waals surface area contributed by atoms with Crippen LogP contribution in [0.15, 0.2) is 0 Å². The molecule has 2 amide bonds. The van der Waals surface area contributed by atoms with Gasteiger partial charge in [-0.2, -0.15) is 0 Å². The molecule has 2 atom stereocenters.